The van der Waals surface area contributed by atoms with Crippen molar-refractivity contribution < 1.29 is 22.7 Å². The smallest absolute Gasteiger partial charge is 0.406 e. The summed E-state index contributed by atoms with van der Waals surface area (Å²) in [6, 6.07) is 18.9. The zero-order valence-electron chi connectivity index (χ0n) is 25.5. The van der Waals surface area contributed by atoms with Gasteiger partial charge in [0.2, 0.25) is 0 Å². The highest BCUT2D eigenvalue weighted by molar-refractivity contribution is 8.14. The van der Waals surface area contributed by atoms with Crippen LogP contribution in [-0.4, -0.2) is 44.6 Å². The summed E-state index contributed by atoms with van der Waals surface area (Å²) in [5, 5.41) is 8.06. The molecule has 1 aliphatic rings. The predicted octanol–water partition coefficient (Wildman–Crippen LogP) is 8.33. The molecule has 1 aliphatic heterocycles. The molecular weight excluding hydrogens is 601 g/mol. The van der Waals surface area contributed by atoms with Crippen molar-refractivity contribution in [2.75, 3.05) is 17.2 Å². The van der Waals surface area contributed by atoms with Crippen LogP contribution in [0.2, 0.25) is 0 Å². The van der Waals surface area contributed by atoms with Crippen LogP contribution in [0.5, 0.6) is 5.75 Å². The molecule has 234 valence electrons. The Kier molecular flexibility index (Phi) is 9.33. The fourth-order valence-electron chi connectivity index (χ4n) is 4.87. The van der Waals surface area contributed by atoms with E-state index in [1.807, 2.05) is 38.1 Å². The molecule has 0 spiro atoms. The number of thioether (sulfide) groups is 1. The van der Waals surface area contributed by atoms with Gasteiger partial charge in [-0.2, -0.15) is 4.99 Å². The zero-order valence-corrected chi connectivity index (χ0v) is 26.3. The number of aromatic nitrogens is 3. The number of anilines is 1. The Morgan fingerprint density at radius 1 is 1.04 bits per heavy atom. The number of allylic oxidation sites excluding steroid dienone is 2. The van der Waals surface area contributed by atoms with Crippen molar-refractivity contribution in [1.82, 2.24) is 20.1 Å². The Morgan fingerprint density at radius 2 is 1.76 bits per heavy atom. The lowest BCUT2D eigenvalue weighted by Crippen LogP contribution is -2.28. The number of benzene rings is 3. The van der Waals surface area contributed by atoms with Gasteiger partial charge in [-0.05, 0) is 79.3 Å². The van der Waals surface area contributed by atoms with Gasteiger partial charge in [-0.3, -0.25) is 0 Å². The maximum absolute atomic E-state index is 13.0. The Labute approximate surface area is 264 Å². The van der Waals surface area contributed by atoms with Crippen LogP contribution in [0.3, 0.4) is 0 Å². The highest BCUT2D eigenvalue weighted by Crippen LogP contribution is 2.33. The molecule has 3 aromatic carbocycles. The number of carbonyl (C=O) groups excluding carboxylic acids is 1. The van der Waals surface area contributed by atoms with E-state index in [4.69, 9.17) is 0 Å². The molecule has 0 bridgehead atoms. The van der Waals surface area contributed by atoms with Gasteiger partial charge < -0.3 is 15.0 Å². The monoisotopic (exact) mass is 634 g/mol. The van der Waals surface area contributed by atoms with Crippen molar-refractivity contribution in [3.8, 4) is 22.8 Å². The Balaban J connectivity index is 1.26. The van der Waals surface area contributed by atoms with Gasteiger partial charge >= 0.3 is 12.4 Å². The second kappa shape index (κ2) is 13.2. The van der Waals surface area contributed by atoms with Crippen molar-refractivity contribution in [2.24, 2.45) is 4.99 Å². The van der Waals surface area contributed by atoms with Gasteiger partial charge in [0, 0.05) is 29.2 Å². The molecule has 45 heavy (non-hydrogen) atoms. The first kappa shape index (κ1) is 31.8. The fourth-order valence-corrected chi connectivity index (χ4v) is 5.82. The van der Waals surface area contributed by atoms with Crippen molar-refractivity contribution in [2.45, 2.75) is 46.9 Å². The van der Waals surface area contributed by atoms with E-state index in [0.717, 1.165) is 40.2 Å². The minimum atomic E-state index is -4.75. The quantitative estimate of drug-likeness (QED) is 0.220. The Bertz CT molecular complexity index is 1750. The van der Waals surface area contributed by atoms with E-state index in [9.17, 15) is 18.0 Å². The number of hydrogen-bond acceptors (Lipinski definition) is 5. The first-order chi connectivity index (χ1) is 21.4. The molecule has 0 aliphatic carbocycles. The molecule has 0 unspecified atom stereocenters. The second-order valence-electron chi connectivity index (χ2n) is 10.9. The van der Waals surface area contributed by atoms with Crippen molar-refractivity contribution in [3.63, 3.8) is 0 Å². The molecule has 2 amide bonds. The van der Waals surface area contributed by atoms with Crippen LogP contribution in [0.25, 0.3) is 22.6 Å². The molecule has 1 N–H and O–H groups in total. The third kappa shape index (κ3) is 7.75. The normalized spacial score (nSPS) is 15.0. The molecule has 1 aromatic heterocycles. The number of amides is 2. The molecular formula is C33H33F3N6O2S. The summed E-state index contributed by atoms with van der Waals surface area (Å²) in [6.45, 7) is 10.9. The lowest BCUT2D eigenvalue weighted by atomic mass is 9.99. The number of carbonyl (C=O) groups is 1. The number of urea groups is 1. The first-order valence-corrected chi connectivity index (χ1v) is 15.3. The average Bonchev–Trinajstić information content (AvgIpc) is 3.66. The molecule has 0 radical (unpaired) electrons. The van der Waals surface area contributed by atoms with E-state index in [1.165, 1.54) is 40.8 Å². The third-order valence-electron chi connectivity index (χ3n) is 7.33. The number of aryl methyl sites for hydroxylation is 1. The summed E-state index contributed by atoms with van der Waals surface area (Å²) < 4.78 is 42.7. The van der Waals surface area contributed by atoms with E-state index >= 15 is 0 Å². The number of amidine groups is 1. The third-order valence-corrected chi connectivity index (χ3v) is 8.29. The van der Waals surface area contributed by atoms with Crippen LogP contribution in [0, 0.1) is 6.92 Å². The predicted molar refractivity (Wildman–Crippen MR) is 173 cm³/mol. The summed E-state index contributed by atoms with van der Waals surface area (Å²) in [6.07, 6.45) is -3.27. The fraction of sp³-hybridized carbons (Fsp3) is 0.273. The summed E-state index contributed by atoms with van der Waals surface area (Å²) in [4.78, 5) is 23.9. The average molecular weight is 635 g/mol. The van der Waals surface area contributed by atoms with Crippen LogP contribution < -0.4 is 15.0 Å². The van der Waals surface area contributed by atoms with E-state index in [1.54, 1.807) is 11.8 Å². The molecule has 2 heterocycles. The number of aliphatic imine (C=N–C) groups is 1. The maximum atomic E-state index is 13.0. The van der Waals surface area contributed by atoms with Gasteiger partial charge in [0.1, 0.15) is 12.1 Å². The molecule has 1 fully saturated rings. The van der Waals surface area contributed by atoms with Crippen LogP contribution in [-0.2, 0) is 0 Å². The van der Waals surface area contributed by atoms with Gasteiger partial charge in [-0.25, -0.2) is 14.5 Å². The standard InChI is InChI=1S/C33H33F3N6O2S/c1-20(2)28-15-6-21(3)18-29(28)41-16-17-45-32(41)39-31(43)38-23(5)22(4)24-7-9-25(10-8-24)30-37-19-42(40-30)26-11-13-27(14-12-26)44-33(34,35)36/h6-15,18-20H,16-17H2,1-5H3,(H,38,43)/b23-22+,39-32?. The lowest BCUT2D eigenvalue weighted by molar-refractivity contribution is -0.274. The van der Waals surface area contributed by atoms with Crippen molar-refractivity contribution in [3.05, 3.63) is 95.4 Å². The molecule has 8 nitrogen and oxygen atoms in total. The summed E-state index contributed by atoms with van der Waals surface area (Å²) in [5.41, 5.74) is 7.24. The van der Waals surface area contributed by atoms with Crippen LogP contribution >= 0.6 is 11.8 Å². The highest BCUT2D eigenvalue weighted by Gasteiger charge is 2.31. The molecule has 5 rings (SSSR count). The number of hydrogen-bond donors (Lipinski definition) is 1. The highest BCUT2D eigenvalue weighted by atomic mass is 32.2. The molecule has 1 saturated heterocycles. The zero-order chi connectivity index (χ0) is 32.3. The van der Waals surface area contributed by atoms with Gasteiger partial charge in [0.25, 0.3) is 0 Å². The second-order valence-corrected chi connectivity index (χ2v) is 12.0. The summed E-state index contributed by atoms with van der Waals surface area (Å²) >= 11 is 1.57. The lowest BCUT2D eigenvalue weighted by Gasteiger charge is -2.23. The summed E-state index contributed by atoms with van der Waals surface area (Å²) in [7, 11) is 0. The van der Waals surface area contributed by atoms with Crippen molar-refractivity contribution in [1.29, 1.82) is 0 Å². The summed E-state index contributed by atoms with van der Waals surface area (Å²) in [5.74, 6) is 1.34. The van der Waals surface area contributed by atoms with Crippen LogP contribution in [0.15, 0.2) is 83.7 Å². The van der Waals surface area contributed by atoms with Gasteiger partial charge in [-0.1, -0.05) is 62.0 Å². The SMILES string of the molecule is C/C(NC(=O)N=C1SCCN1c1cc(C)ccc1C(C)C)=C(/C)c1ccc(-c2ncn(-c3ccc(OC(F)(F)F)cc3)n2)cc1. The maximum Gasteiger partial charge on any atom is 0.573 e. The largest absolute Gasteiger partial charge is 0.573 e. The number of alkyl halides is 3. The molecule has 0 saturated carbocycles. The Morgan fingerprint density at radius 3 is 2.42 bits per heavy atom. The van der Waals surface area contributed by atoms with Gasteiger partial charge in [0.05, 0.1) is 5.69 Å². The minimum Gasteiger partial charge on any atom is -0.406 e. The van der Waals surface area contributed by atoms with E-state index in [2.05, 4.69) is 69.0 Å². The number of nitrogens with one attached hydrogen (secondary N) is 1. The van der Waals surface area contributed by atoms with E-state index < -0.39 is 12.4 Å². The van der Waals surface area contributed by atoms with Crippen LogP contribution in [0.4, 0.5) is 23.7 Å². The number of halogens is 3. The topological polar surface area (TPSA) is 84.6 Å². The van der Waals surface area contributed by atoms with E-state index in [-0.39, 0.29) is 5.75 Å². The number of ether oxygens (including phenoxy) is 1. The van der Waals surface area contributed by atoms with E-state index in [0.29, 0.717) is 28.3 Å². The number of rotatable bonds is 7. The van der Waals surface area contributed by atoms with Crippen LogP contribution in [0.1, 0.15) is 50.3 Å². The molecule has 4 aromatic rings. The molecule has 0 atom stereocenters. The Hall–Kier alpha value is -4.58. The molecule has 12 heteroatoms. The van der Waals surface area contributed by atoms with Gasteiger partial charge in [0.15, 0.2) is 11.0 Å². The first-order valence-electron chi connectivity index (χ1n) is 14.3. The minimum absolute atomic E-state index is 0.314. The number of nitrogens with zero attached hydrogens (tertiary/aromatic N) is 5. The van der Waals surface area contributed by atoms with Crippen molar-refractivity contribution >= 4 is 34.2 Å². The van der Waals surface area contributed by atoms with Gasteiger partial charge in [-0.15, -0.1) is 18.3 Å².